The van der Waals surface area contributed by atoms with Gasteiger partial charge >= 0.3 is 0 Å². The molecule has 2 aliphatic rings. The third kappa shape index (κ3) is 6.00. The van der Waals surface area contributed by atoms with E-state index in [4.69, 9.17) is 9.47 Å². The maximum atomic E-state index is 13.4. The molecule has 2 fully saturated rings. The number of carbonyl (C=O) groups excluding carboxylic acids is 1. The largest absolute Gasteiger partial charge is 0.486 e. The molecule has 1 aromatic heterocycles. The zero-order valence-corrected chi connectivity index (χ0v) is 23.4. The van der Waals surface area contributed by atoms with E-state index >= 15 is 0 Å². The van der Waals surface area contributed by atoms with Crippen LogP contribution in [0.15, 0.2) is 66.9 Å². The van der Waals surface area contributed by atoms with E-state index in [1.54, 1.807) is 40.7 Å². The van der Waals surface area contributed by atoms with Crippen LogP contribution in [-0.4, -0.2) is 67.5 Å². The topological polar surface area (TPSA) is 89.0 Å². The Labute approximate surface area is 230 Å². The second-order valence-corrected chi connectivity index (χ2v) is 12.3. The number of nitrogens with zero attached hydrogens (tertiary/aromatic N) is 3. The normalized spacial score (nSPS) is 21.8. The Hall–Kier alpha value is -3.27. The molecule has 0 radical (unpaired) electrons. The van der Waals surface area contributed by atoms with Gasteiger partial charge in [-0.3, -0.25) is 9.78 Å². The molecule has 3 aromatic rings. The summed E-state index contributed by atoms with van der Waals surface area (Å²) in [5.74, 6) is 0.388. The van der Waals surface area contributed by atoms with Gasteiger partial charge in [0.1, 0.15) is 18.0 Å². The van der Waals surface area contributed by atoms with Gasteiger partial charge in [-0.15, -0.1) is 0 Å². The fourth-order valence-electron chi connectivity index (χ4n) is 5.50. The second kappa shape index (κ2) is 11.5. The van der Waals surface area contributed by atoms with Gasteiger partial charge in [-0.1, -0.05) is 35.9 Å². The Morgan fingerprint density at radius 3 is 2.62 bits per heavy atom. The highest BCUT2D eigenvalue weighted by molar-refractivity contribution is 7.88. The van der Waals surface area contributed by atoms with Crippen LogP contribution in [0.25, 0.3) is 0 Å². The number of pyridine rings is 1. The van der Waals surface area contributed by atoms with Gasteiger partial charge in [0.15, 0.2) is 0 Å². The predicted molar refractivity (Wildman–Crippen MR) is 149 cm³/mol. The summed E-state index contributed by atoms with van der Waals surface area (Å²) < 4.78 is 40.4. The first-order valence-corrected chi connectivity index (χ1v) is 14.9. The minimum absolute atomic E-state index is 0.0442. The maximum Gasteiger partial charge on any atom is 0.254 e. The standard InChI is InChI=1S/C30H35N3O5S/c1-21-12-13-22(2)25(16-21)30(34)32-18-28(37-3)29(19-32)38-24-9-6-8-23(17-24)20-39(35,36)33-15-7-11-27(33)26-10-4-5-14-31-26/h4-6,8-10,12-14,16-17,27-29H,7,11,15,18-20H2,1-3H3/t27-,28-,29-/m1/s1. The van der Waals surface area contributed by atoms with Crippen LogP contribution in [0.3, 0.4) is 0 Å². The lowest BCUT2D eigenvalue weighted by Gasteiger charge is -2.24. The number of ether oxygens (including phenoxy) is 2. The van der Waals surface area contributed by atoms with E-state index < -0.39 is 10.0 Å². The van der Waals surface area contributed by atoms with Gasteiger partial charge in [0, 0.05) is 25.4 Å². The van der Waals surface area contributed by atoms with Crippen LogP contribution < -0.4 is 4.74 Å². The number of aromatic nitrogens is 1. The molecule has 3 atom stereocenters. The predicted octanol–water partition coefficient (Wildman–Crippen LogP) is 4.28. The van der Waals surface area contributed by atoms with Crippen molar-refractivity contribution in [2.75, 3.05) is 26.7 Å². The monoisotopic (exact) mass is 549 g/mol. The quantitative estimate of drug-likeness (QED) is 0.417. The summed E-state index contributed by atoms with van der Waals surface area (Å²) >= 11 is 0. The number of rotatable bonds is 8. The Morgan fingerprint density at radius 2 is 1.85 bits per heavy atom. The van der Waals surface area contributed by atoms with Crippen molar-refractivity contribution in [1.29, 1.82) is 0 Å². The lowest BCUT2D eigenvalue weighted by Crippen LogP contribution is -2.32. The van der Waals surface area contributed by atoms with Gasteiger partial charge in [-0.2, -0.15) is 4.31 Å². The minimum Gasteiger partial charge on any atom is -0.486 e. The van der Waals surface area contributed by atoms with Crippen molar-refractivity contribution >= 4 is 15.9 Å². The van der Waals surface area contributed by atoms with Gasteiger partial charge in [0.25, 0.3) is 5.91 Å². The Kier molecular flexibility index (Phi) is 8.02. The van der Waals surface area contributed by atoms with Crippen molar-refractivity contribution in [3.63, 3.8) is 0 Å². The molecule has 8 nitrogen and oxygen atoms in total. The van der Waals surface area contributed by atoms with Crippen molar-refractivity contribution in [1.82, 2.24) is 14.2 Å². The molecule has 0 spiro atoms. The van der Waals surface area contributed by atoms with E-state index in [2.05, 4.69) is 4.98 Å². The van der Waals surface area contributed by atoms with Gasteiger partial charge in [-0.05, 0) is 68.1 Å². The molecule has 0 N–H and O–H groups in total. The van der Waals surface area contributed by atoms with Crippen molar-refractivity contribution in [2.24, 2.45) is 0 Å². The summed E-state index contributed by atoms with van der Waals surface area (Å²) in [5.41, 5.74) is 4.08. The summed E-state index contributed by atoms with van der Waals surface area (Å²) in [6.07, 6.45) is 2.60. The van der Waals surface area contributed by atoms with Gasteiger partial charge < -0.3 is 14.4 Å². The van der Waals surface area contributed by atoms with E-state index in [-0.39, 0.29) is 29.9 Å². The average molecular weight is 550 g/mol. The van der Waals surface area contributed by atoms with Crippen LogP contribution in [0, 0.1) is 13.8 Å². The van der Waals surface area contributed by atoms with Crippen LogP contribution in [0.5, 0.6) is 5.75 Å². The number of hydrogen-bond donors (Lipinski definition) is 0. The summed E-state index contributed by atoms with van der Waals surface area (Å²) in [5, 5.41) is 0. The summed E-state index contributed by atoms with van der Waals surface area (Å²) in [6.45, 7) is 5.20. The third-order valence-corrected chi connectivity index (χ3v) is 9.40. The van der Waals surface area contributed by atoms with Gasteiger partial charge in [0.05, 0.1) is 30.6 Å². The molecule has 2 aliphatic heterocycles. The van der Waals surface area contributed by atoms with E-state index in [0.717, 1.165) is 29.7 Å². The fraction of sp³-hybridized carbons (Fsp3) is 0.400. The first kappa shape index (κ1) is 27.3. The van der Waals surface area contributed by atoms with Crippen molar-refractivity contribution in [3.8, 4) is 5.75 Å². The fourth-order valence-corrected chi connectivity index (χ4v) is 7.28. The van der Waals surface area contributed by atoms with E-state index in [1.807, 2.05) is 56.3 Å². The molecule has 2 aromatic carbocycles. The average Bonchev–Trinajstić information content (AvgIpc) is 3.58. The number of hydrogen-bond acceptors (Lipinski definition) is 6. The minimum atomic E-state index is -3.57. The smallest absolute Gasteiger partial charge is 0.254 e. The first-order chi connectivity index (χ1) is 18.7. The molecular formula is C30H35N3O5S. The van der Waals surface area contributed by atoms with Crippen LogP contribution >= 0.6 is 0 Å². The highest BCUT2D eigenvalue weighted by atomic mass is 32.2. The SMILES string of the molecule is CO[C@@H]1CN(C(=O)c2cc(C)ccc2C)C[C@H]1Oc1cccc(CS(=O)(=O)N2CCC[C@@H]2c2ccccn2)c1. The zero-order chi connectivity index (χ0) is 27.6. The number of amides is 1. The molecule has 39 heavy (non-hydrogen) atoms. The molecule has 9 heteroatoms. The van der Waals surface area contributed by atoms with Crippen molar-refractivity contribution in [3.05, 3.63) is 94.8 Å². The van der Waals surface area contributed by atoms with Crippen molar-refractivity contribution in [2.45, 2.75) is 50.7 Å². The van der Waals surface area contributed by atoms with E-state index in [1.165, 1.54) is 0 Å². The highest BCUT2D eigenvalue weighted by Gasteiger charge is 2.38. The van der Waals surface area contributed by atoms with Crippen LogP contribution in [0.4, 0.5) is 0 Å². The lowest BCUT2D eigenvalue weighted by molar-refractivity contribution is 0.0339. The number of sulfonamides is 1. The number of benzene rings is 2. The Bertz CT molecular complexity index is 1430. The van der Waals surface area contributed by atoms with Gasteiger partial charge in [0.2, 0.25) is 10.0 Å². The molecule has 5 rings (SSSR count). The number of methoxy groups -OCH3 is 1. The van der Waals surface area contributed by atoms with Crippen LogP contribution in [0.1, 0.15) is 51.6 Å². The summed E-state index contributed by atoms with van der Waals surface area (Å²) in [4.78, 5) is 19.4. The summed E-state index contributed by atoms with van der Waals surface area (Å²) in [6, 6.07) is 18.4. The van der Waals surface area contributed by atoms with Crippen molar-refractivity contribution < 1.29 is 22.7 Å². The second-order valence-electron chi connectivity index (χ2n) is 10.4. The molecule has 0 saturated carbocycles. The van der Waals surface area contributed by atoms with E-state index in [0.29, 0.717) is 36.5 Å². The highest BCUT2D eigenvalue weighted by Crippen LogP contribution is 2.34. The number of carbonyl (C=O) groups is 1. The lowest BCUT2D eigenvalue weighted by atomic mass is 10.0. The number of aryl methyl sites for hydroxylation is 2. The third-order valence-electron chi connectivity index (χ3n) is 7.55. The molecule has 3 heterocycles. The molecule has 2 saturated heterocycles. The molecule has 1 amide bonds. The molecule has 0 aliphatic carbocycles. The summed E-state index contributed by atoms with van der Waals surface area (Å²) in [7, 11) is -1.95. The molecular weight excluding hydrogens is 514 g/mol. The Balaban J connectivity index is 1.28. The zero-order valence-electron chi connectivity index (χ0n) is 22.6. The molecule has 0 bridgehead atoms. The maximum absolute atomic E-state index is 13.4. The van der Waals surface area contributed by atoms with E-state index in [9.17, 15) is 13.2 Å². The van der Waals surface area contributed by atoms with Crippen LogP contribution in [0.2, 0.25) is 0 Å². The number of likely N-dealkylation sites (tertiary alicyclic amines) is 1. The van der Waals surface area contributed by atoms with Gasteiger partial charge in [-0.25, -0.2) is 8.42 Å². The molecule has 0 unspecified atom stereocenters. The molecule has 206 valence electrons. The first-order valence-electron chi connectivity index (χ1n) is 13.3. The van der Waals surface area contributed by atoms with Crippen LogP contribution in [-0.2, 0) is 20.5 Å². The Morgan fingerprint density at radius 1 is 1.03 bits per heavy atom.